The summed E-state index contributed by atoms with van der Waals surface area (Å²) in [5.74, 6) is 1.04. The van der Waals surface area contributed by atoms with E-state index in [-0.39, 0.29) is 11.7 Å². The minimum Gasteiger partial charge on any atom is -0.294 e. The lowest BCUT2D eigenvalue weighted by atomic mass is 10.5. The summed E-state index contributed by atoms with van der Waals surface area (Å²) in [4.78, 5) is 19.7. The van der Waals surface area contributed by atoms with E-state index in [1.54, 1.807) is 6.92 Å². The minimum atomic E-state index is -0.382. The zero-order valence-electron chi connectivity index (χ0n) is 8.81. The van der Waals surface area contributed by atoms with Crippen LogP contribution in [0.3, 0.4) is 0 Å². The molecule has 0 aliphatic heterocycles. The van der Waals surface area contributed by atoms with Crippen molar-refractivity contribution in [2.75, 3.05) is 5.32 Å². The van der Waals surface area contributed by atoms with Crippen molar-refractivity contribution < 1.29 is 4.79 Å². The molecular formula is C8H10N6OS. The van der Waals surface area contributed by atoms with E-state index in [1.165, 1.54) is 0 Å². The Bertz CT molecular complexity index is 504. The molecule has 1 amide bonds. The number of H-pyrrole nitrogens is 1. The van der Waals surface area contributed by atoms with Crippen LogP contribution >= 0.6 is 11.5 Å². The number of aromatic amines is 1. The van der Waals surface area contributed by atoms with Gasteiger partial charge in [0.25, 0.3) is 5.91 Å². The second-order valence-electron chi connectivity index (χ2n) is 3.06. The van der Waals surface area contributed by atoms with Crippen LogP contribution in [0, 0.1) is 6.92 Å². The Morgan fingerprint density at radius 1 is 1.50 bits per heavy atom. The normalized spacial score (nSPS) is 10.4. The molecule has 7 nitrogen and oxygen atoms in total. The van der Waals surface area contributed by atoms with E-state index in [0.717, 1.165) is 11.5 Å². The third kappa shape index (κ3) is 2.22. The molecule has 2 aromatic heterocycles. The van der Waals surface area contributed by atoms with Crippen molar-refractivity contribution in [3.05, 3.63) is 17.5 Å². The summed E-state index contributed by atoms with van der Waals surface area (Å²) in [5.41, 5.74) is 0. The number of rotatable bonds is 3. The van der Waals surface area contributed by atoms with Crippen molar-refractivity contribution in [1.29, 1.82) is 0 Å². The van der Waals surface area contributed by atoms with Gasteiger partial charge in [-0.3, -0.25) is 15.2 Å². The number of hydrogen-bond donors (Lipinski definition) is 2. The quantitative estimate of drug-likeness (QED) is 0.823. The first-order valence-electron chi connectivity index (χ1n) is 4.72. The minimum absolute atomic E-state index is 0.115. The number of anilines is 1. The predicted octanol–water partition coefficient (Wildman–Crippen LogP) is 0.779. The summed E-state index contributed by atoms with van der Waals surface area (Å²) in [6.45, 7) is 3.68. The Kier molecular flexibility index (Phi) is 2.91. The molecule has 16 heavy (non-hydrogen) atoms. The lowest BCUT2D eigenvalue weighted by Gasteiger charge is -1.94. The SMILES string of the molecule is CCc1nc(C(=O)Nc2nc(C)ns2)n[nH]1. The molecule has 0 atom stereocenters. The second kappa shape index (κ2) is 4.35. The van der Waals surface area contributed by atoms with Gasteiger partial charge in [-0.15, -0.1) is 5.10 Å². The van der Waals surface area contributed by atoms with Crippen molar-refractivity contribution in [2.45, 2.75) is 20.3 Å². The van der Waals surface area contributed by atoms with Crippen LogP contribution in [0.25, 0.3) is 0 Å². The van der Waals surface area contributed by atoms with E-state index < -0.39 is 0 Å². The maximum absolute atomic E-state index is 11.6. The number of aryl methyl sites for hydroxylation is 2. The average molecular weight is 238 g/mol. The topological polar surface area (TPSA) is 96.5 Å². The van der Waals surface area contributed by atoms with E-state index >= 15 is 0 Å². The van der Waals surface area contributed by atoms with Gasteiger partial charge in [0.15, 0.2) is 0 Å². The van der Waals surface area contributed by atoms with Gasteiger partial charge in [-0.25, -0.2) is 9.97 Å². The van der Waals surface area contributed by atoms with Gasteiger partial charge in [0.2, 0.25) is 11.0 Å². The van der Waals surface area contributed by atoms with Gasteiger partial charge >= 0.3 is 0 Å². The summed E-state index contributed by atoms with van der Waals surface area (Å²) in [6.07, 6.45) is 0.707. The zero-order chi connectivity index (χ0) is 11.5. The fourth-order valence-electron chi connectivity index (χ4n) is 1.06. The smallest absolute Gasteiger partial charge is 0.294 e. The highest BCUT2D eigenvalue weighted by atomic mass is 32.1. The lowest BCUT2D eigenvalue weighted by Crippen LogP contribution is -2.13. The average Bonchev–Trinajstić information content (AvgIpc) is 2.87. The fraction of sp³-hybridized carbons (Fsp3) is 0.375. The molecule has 0 saturated carbocycles. The first-order chi connectivity index (χ1) is 7.69. The highest BCUT2D eigenvalue weighted by Crippen LogP contribution is 2.10. The van der Waals surface area contributed by atoms with Crippen molar-refractivity contribution in [3.63, 3.8) is 0 Å². The van der Waals surface area contributed by atoms with Gasteiger partial charge in [0.05, 0.1) is 0 Å². The van der Waals surface area contributed by atoms with Crippen LogP contribution in [0.1, 0.15) is 29.2 Å². The van der Waals surface area contributed by atoms with Crippen LogP contribution < -0.4 is 5.32 Å². The number of nitrogens with one attached hydrogen (secondary N) is 2. The molecular weight excluding hydrogens is 228 g/mol. The van der Waals surface area contributed by atoms with Crippen molar-refractivity contribution in [3.8, 4) is 0 Å². The fourth-order valence-corrected chi connectivity index (χ4v) is 1.63. The van der Waals surface area contributed by atoms with Gasteiger partial charge < -0.3 is 0 Å². The van der Waals surface area contributed by atoms with Gasteiger partial charge in [0, 0.05) is 18.0 Å². The molecule has 2 N–H and O–H groups in total. The van der Waals surface area contributed by atoms with E-state index in [9.17, 15) is 4.79 Å². The lowest BCUT2D eigenvalue weighted by molar-refractivity contribution is 0.101. The Morgan fingerprint density at radius 2 is 2.31 bits per heavy atom. The summed E-state index contributed by atoms with van der Waals surface area (Å²) in [6, 6.07) is 0. The molecule has 0 saturated heterocycles. The molecule has 2 aromatic rings. The number of carbonyl (C=O) groups is 1. The van der Waals surface area contributed by atoms with Crippen LogP contribution in [-0.2, 0) is 6.42 Å². The third-order valence-electron chi connectivity index (χ3n) is 1.82. The van der Waals surface area contributed by atoms with Crippen LogP contribution in [-0.4, -0.2) is 30.4 Å². The number of carbonyl (C=O) groups excluding carboxylic acids is 1. The van der Waals surface area contributed by atoms with Crippen molar-refractivity contribution in [1.82, 2.24) is 24.5 Å². The molecule has 8 heteroatoms. The Balaban J connectivity index is 2.08. The molecule has 0 radical (unpaired) electrons. The van der Waals surface area contributed by atoms with Crippen LogP contribution in [0.15, 0.2) is 0 Å². The molecule has 0 aliphatic rings. The van der Waals surface area contributed by atoms with Gasteiger partial charge in [-0.2, -0.15) is 4.37 Å². The standard InChI is InChI=1S/C8H10N6OS/c1-3-5-10-6(13-12-5)7(15)11-8-9-4(2)14-16-8/h3H2,1-2H3,(H,10,12,13)(H,9,11,14,15). The Hall–Kier alpha value is -1.83. The maximum atomic E-state index is 11.6. The largest absolute Gasteiger partial charge is 0.297 e. The molecule has 0 fully saturated rings. The molecule has 0 unspecified atom stereocenters. The number of aromatic nitrogens is 5. The predicted molar refractivity (Wildman–Crippen MR) is 58.4 cm³/mol. The summed E-state index contributed by atoms with van der Waals surface area (Å²) >= 11 is 1.13. The summed E-state index contributed by atoms with van der Waals surface area (Å²) < 4.78 is 3.95. The highest BCUT2D eigenvalue weighted by Gasteiger charge is 2.13. The molecule has 0 bridgehead atoms. The maximum Gasteiger partial charge on any atom is 0.297 e. The monoisotopic (exact) mass is 238 g/mol. The van der Waals surface area contributed by atoms with Crippen LogP contribution in [0.5, 0.6) is 0 Å². The van der Waals surface area contributed by atoms with Crippen LogP contribution in [0.4, 0.5) is 5.13 Å². The van der Waals surface area contributed by atoms with Crippen LogP contribution in [0.2, 0.25) is 0 Å². The van der Waals surface area contributed by atoms with E-state index in [4.69, 9.17) is 0 Å². The van der Waals surface area contributed by atoms with E-state index in [2.05, 4.69) is 29.9 Å². The second-order valence-corrected chi connectivity index (χ2v) is 3.81. The number of amides is 1. The third-order valence-corrected chi connectivity index (χ3v) is 2.54. The first-order valence-corrected chi connectivity index (χ1v) is 5.49. The highest BCUT2D eigenvalue weighted by molar-refractivity contribution is 7.09. The molecule has 0 aliphatic carbocycles. The first kappa shape index (κ1) is 10.7. The van der Waals surface area contributed by atoms with Gasteiger partial charge in [-0.05, 0) is 6.92 Å². The summed E-state index contributed by atoms with van der Waals surface area (Å²) in [7, 11) is 0. The molecule has 2 heterocycles. The summed E-state index contributed by atoms with van der Waals surface area (Å²) in [5, 5.41) is 9.50. The van der Waals surface area contributed by atoms with E-state index in [0.29, 0.717) is 23.2 Å². The zero-order valence-corrected chi connectivity index (χ0v) is 9.63. The molecule has 0 aromatic carbocycles. The number of hydrogen-bond acceptors (Lipinski definition) is 6. The number of nitrogens with zero attached hydrogens (tertiary/aromatic N) is 4. The van der Waals surface area contributed by atoms with Gasteiger partial charge in [0.1, 0.15) is 11.6 Å². The van der Waals surface area contributed by atoms with Crippen molar-refractivity contribution in [2.24, 2.45) is 0 Å². The van der Waals surface area contributed by atoms with Crippen molar-refractivity contribution >= 4 is 22.6 Å². The molecule has 84 valence electrons. The molecule has 2 rings (SSSR count). The molecule has 0 spiro atoms. The van der Waals surface area contributed by atoms with E-state index in [1.807, 2.05) is 6.92 Å². The Morgan fingerprint density at radius 3 is 2.88 bits per heavy atom. The van der Waals surface area contributed by atoms with Gasteiger partial charge in [-0.1, -0.05) is 6.92 Å². The Labute approximate surface area is 95.5 Å².